The van der Waals surface area contributed by atoms with E-state index in [1.807, 2.05) is 0 Å². The van der Waals surface area contributed by atoms with Gasteiger partial charge in [-0.2, -0.15) is 0 Å². The minimum Gasteiger partial charge on any atom is -0.454 e. The summed E-state index contributed by atoms with van der Waals surface area (Å²) in [6, 6.07) is 46.4. The standard InChI is InChI=1S/C58H57NO/c1-33(2)46-28-37(53-35(4)26-34(3)27-36(53)5)29-47-45-17-15-19-52(55(45)60-54(46)47)59(39-21-24-43-41-16-13-14-18-48(41)57(9,10)50(43)31-39)40-22-25-44-42-23-20-38(56(6,7)8)30-49(42)58(11,12)51(44)32-40/h13-33H,1-12H3. The predicted octanol–water partition coefficient (Wildman–Crippen LogP) is 16.7. The Hall–Kier alpha value is -5.86. The van der Waals surface area contributed by atoms with Gasteiger partial charge in [-0.05, 0) is 152 Å². The fraction of sp³-hybridized carbons (Fsp3) is 0.276. The van der Waals surface area contributed by atoms with Crippen LogP contribution in [-0.2, 0) is 16.2 Å². The van der Waals surface area contributed by atoms with E-state index in [9.17, 15) is 0 Å². The number of rotatable bonds is 5. The molecule has 8 aromatic rings. The van der Waals surface area contributed by atoms with Crippen molar-refractivity contribution in [1.82, 2.24) is 0 Å². The summed E-state index contributed by atoms with van der Waals surface area (Å²) >= 11 is 0. The lowest BCUT2D eigenvalue weighted by Crippen LogP contribution is -2.19. The number of fused-ring (bicyclic) bond motifs is 9. The second kappa shape index (κ2) is 13.1. The molecule has 0 fully saturated rings. The van der Waals surface area contributed by atoms with E-state index in [0.717, 1.165) is 39.0 Å². The maximum absolute atomic E-state index is 7.24. The normalized spacial score (nSPS) is 14.8. The fourth-order valence-corrected chi connectivity index (χ4v) is 10.9. The van der Waals surface area contributed by atoms with Crippen molar-refractivity contribution in [2.24, 2.45) is 0 Å². The summed E-state index contributed by atoms with van der Waals surface area (Å²) in [6.45, 7) is 27.7. The van der Waals surface area contributed by atoms with Gasteiger partial charge in [0.1, 0.15) is 5.58 Å². The van der Waals surface area contributed by atoms with E-state index in [1.54, 1.807) is 0 Å². The molecular weight excluding hydrogens is 727 g/mol. The minimum atomic E-state index is -0.171. The van der Waals surface area contributed by atoms with Crippen molar-refractivity contribution in [3.8, 4) is 33.4 Å². The van der Waals surface area contributed by atoms with Crippen molar-refractivity contribution in [1.29, 1.82) is 0 Å². The second-order valence-corrected chi connectivity index (χ2v) is 20.2. The molecule has 2 heteroatoms. The van der Waals surface area contributed by atoms with E-state index in [1.165, 1.54) is 83.5 Å². The summed E-state index contributed by atoms with van der Waals surface area (Å²) < 4.78 is 7.24. The summed E-state index contributed by atoms with van der Waals surface area (Å²) in [4.78, 5) is 2.47. The molecule has 60 heavy (non-hydrogen) atoms. The molecule has 0 unspecified atom stereocenters. The average Bonchev–Trinajstić information content (AvgIpc) is 3.77. The van der Waals surface area contributed by atoms with Gasteiger partial charge >= 0.3 is 0 Å². The number of aryl methyl sites for hydroxylation is 3. The van der Waals surface area contributed by atoms with Crippen molar-refractivity contribution in [3.05, 3.63) is 171 Å². The summed E-state index contributed by atoms with van der Waals surface area (Å²) in [5.74, 6) is 0.276. The quantitative estimate of drug-likeness (QED) is 0.173. The largest absolute Gasteiger partial charge is 0.454 e. The van der Waals surface area contributed by atoms with Crippen LogP contribution < -0.4 is 4.90 Å². The molecule has 2 aliphatic carbocycles. The van der Waals surface area contributed by atoms with Gasteiger partial charge in [0.05, 0.1) is 5.69 Å². The lowest BCUT2D eigenvalue weighted by molar-refractivity contribution is 0.584. The van der Waals surface area contributed by atoms with Gasteiger partial charge in [-0.15, -0.1) is 0 Å². The van der Waals surface area contributed by atoms with E-state index in [0.29, 0.717) is 0 Å². The van der Waals surface area contributed by atoms with E-state index in [2.05, 4.69) is 209 Å². The Labute approximate surface area is 356 Å². The zero-order valence-corrected chi connectivity index (χ0v) is 37.5. The molecule has 0 saturated carbocycles. The number of benzene rings is 7. The lowest BCUT2D eigenvalue weighted by atomic mass is 9.79. The van der Waals surface area contributed by atoms with Gasteiger partial charge in [0.15, 0.2) is 5.58 Å². The second-order valence-electron chi connectivity index (χ2n) is 20.2. The van der Waals surface area contributed by atoms with Crippen molar-refractivity contribution >= 4 is 39.0 Å². The number of hydrogen-bond acceptors (Lipinski definition) is 2. The first-order chi connectivity index (χ1) is 28.4. The third-order valence-electron chi connectivity index (χ3n) is 14.0. The fourth-order valence-electron chi connectivity index (χ4n) is 10.9. The zero-order valence-electron chi connectivity index (χ0n) is 37.5. The van der Waals surface area contributed by atoms with E-state index < -0.39 is 0 Å². The van der Waals surface area contributed by atoms with Crippen molar-refractivity contribution in [3.63, 3.8) is 0 Å². The molecule has 0 amide bonds. The Morgan fingerprint density at radius 2 is 1.10 bits per heavy atom. The highest BCUT2D eigenvalue weighted by molar-refractivity contribution is 6.12. The number of anilines is 3. The lowest BCUT2D eigenvalue weighted by Gasteiger charge is -2.30. The Bertz CT molecular complexity index is 3060. The maximum Gasteiger partial charge on any atom is 0.159 e. The molecule has 0 radical (unpaired) electrons. The summed E-state index contributed by atoms with van der Waals surface area (Å²) in [6.07, 6.45) is 0. The molecule has 2 nitrogen and oxygen atoms in total. The third kappa shape index (κ3) is 5.59. The topological polar surface area (TPSA) is 16.4 Å². The van der Waals surface area contributed by atoms with Crippen LogP contribution in [0.5, 0.6) is 0 Å². The molecule has 1 aromatic heterocycles. The molecule has 0 bridgehead atoms. The van der Waals surface area contributed by atoms with Crippen LogP contribution in [0.4, 0.5) is 17.1 Å². The van der Waals surface area contributed by atoms with Gasteiger partial charge < -0.3 is 9.32 Å². The number of para-hydroxylation sites is 1. The zero-order chi connectivity index (χ0) is 42.2. The first kappa shape index (κ1) is 38.3. The Kier molecular flexibility index (Phi) is 8.35. The van der Waals surface area contributed by atoms with Gasteiger partial charge in [-0.1, -0.05) is 147 Å². The van der Waals surface area contributed by atoms with E-state index in [4.69, 9.17) is 4.42 Å². The molecule has 7 aromatic carbocycles. The van der Waals surface area contributed by atoms with Crippen LogP contribution in [0, 0.1) is 20.8 Å². The van der Waals surface area contributed by atoms with Crippen LogP contribution in [0.25, 0.3) is 55.3 Å². The molecule has 0 atom stereocenters. The first-order valence-corrected chi connectivity index (χ1v) is 21.9. The maximum atomic E-state index is 7.24. The third-order valence-corrected chi connectivity index (χ3v) is 14.0. The Morgan fingerprint density at radius 1 is 0.533 bits per heavy atom. The molecule has 1 heterocycles. The number of nitrogens with zero attached hydrogens (tertiary/aromatic N) is 1. The first-order valence-electron chi connectivity index (χ1n) is 21.9. The van der Waals surface area contributed by atoms with E-state index >= 15 is 0 Å². The smallest absolute Gasteiger partial charge is 0.159 e. The molecule has 10 rings (SSSR count). The van der Waals surface area contributed by atoms with Gasteiger partial charge in [-0.3, -0.25) is 0 Å². The monoisotopic (exact) mass is 783 g/mol. The van der Waals surface area contributed by atoms with Crippen LogP contribution in [0.15, 0.2) is 126 Å². The Morgan fingerprint density at radius 3 is 1.72 bits per heavy atom. The highest BCUT2D eigenvalue weighted by Gasteiger charge is 2.39. The molecule has 0 saturated heterocycles. The molecule has 2 aliphatic rings. The number of furan rings is 1. The molecular formula is C58H57NO. The summed E-state index contributed by atoms with van der Waals surface area (Å²) in [5.41, 5.74) is 24.8. The molecule has 0 aliphatic heterocycles. The predicted molar refractivity (Wildman–Crippen MR) is 256 cm³/mol. The summed E-state index contributed by atoms with van der Waals surface area (Å²) in [7, 11) is 0. The van der Waals surface area contributed by atoms with Crippen molar-refractivity contribution < 1.29 is 4.42 Å². The van der Waals surface area contributed by atoms with Crippen LogP contribution in [0.1, 0.15) is 118 Å². The van der Waals surface area contributed by atoms with Gasteiger partial charge in [0.25, 0.3) is 0 Å². The van der Waals surface area contributed by atoms with Gasteiger partial charge in [0.2, 0.25) is 0 Å². The minimum absolute atomic E-state index is 0.0715. The van der Waals surface area contributed by atoms with Gasteiger partial charge in [-0.25, -0.2) is 0 Å². The number of hydrogen-bond donors (Lipinski definition) is 0. The van der Waals surface area contributed by atoms with Crippen molar-refractivity contribution in [2.75, 3.05) is 4.90 Å². The SMILES string of the molecule is Cc1cc(C)c(-c2cc(C(C)C)c3oc4c(N(c5ccc6c(c5)C(C)(C)c5ccccc5-6)c5ccc6c(c5)C(C)(C)c5cc(C(C)(C)C)ccc5-6)cccc4c3c2)c(C)c1. The summed E-state index contributed by atoms with van der Waals surface area (Å²) in [5, 5.41) is 2.30. The molecule has 0 N–H and O–H groups in total. The highest BCUT2D eigenvalue weighted by atomic mass is 16.3. The van der Waals surface area contributed by atoms with E-state index in [-0.39, 0.29) is 22.2 Å². The molecule has 300 valence electrons. The van der Waals surface area contributed by atoms with Crippen LogP contribution in [0.2, 0.25) is 0 Å². The van der Waals surface area contributed by atoms with Crippen LogP contribution in [0.3, 0.4) is 0 Å². The average molecular weight is 784 g/mol. The van der Waals surface area contributed by atoms with Crippen molar-refractivity contribution in [2.45, 2.75) is 105 Å². The van der Waals surface area contributed by atoms with Crippen LogP contribution >= 0.6 is 0 Å². The van der Waals surface area contributed by atoms with Gasteiger partial charge in [0, 0.05) is 33.0 Å². The highest BCUT2D eigenvalue weighted by Crippen LogP contribution is 2.54. The Balaban J connectivity index is 1.22. The van der Waals surface area contributed by atoms with Crippen LogP contribution in [-0.4, -0.2) is 0 Å². The molecule has 0 spiro atoms.